The van der Waals surface area contributed by atoms with Crippen LogP contribution < -0.4 is 4.74 Å². The predicted molar refractivity (Wildman–Crippen MR) is 130 cm³/mol. The molecule has 0 aliphatic carbocycles. The third-order valence-electron chi connectivity index (χ3n) is 5.34. The van der Waals surface area contributed by atoms with Gasteiger partial charge < -0.3 is 9.15 Å². The number of H-pyrrole nitrogens is 1. The molecule has 0 spiro atoms. The van der Waals surface area contributed by atoms with Crippen molar-refractivity contribution in [3.8, 4) is 5.75 Å². The van der Waals surface area contributed by atoms with Crippen LogP contribution in [0.2, 0.25) is 0 Å². The van der Waals surface area contributed by atoms with Crippen LogP contribution in [0, 0.1) is 12.7 Å². The lowest BCUT2D eigenvalue weighted by molar-refractivity contribution is 0.300. The molecule has 0 saturated heterocycles. The minimum Gasteiger partial charge on any atom is -0.487 e. The molecule has 5 nitrogen and oxygen atoms in total. The van der Waals surface area contributed by atoms with E-state index >= 15 is 0 Å². The largest absolute Gasteiger partial charge is 0.487 e. The molecule has 0 radical (unpaired) electrons. The second-order valence-corrected chi connectivity index (χ2v) is 8.76. The number of oxazole rings is 1. The van der Waals surface area contributed by atoms with Crippen LogP contribution in [0.1, 0.15) is 46.8 Å². The minimum atomic E-state index is -0.313. The minimum absolute atomic E-state index is 0.299. The van der Waals surface area contributed by atoms with E-state index in [1.54, 1.807) is 36.7 Å². The first-order valence-corrected chi connectivity index (χ1v) is 11.6. The number of nitrogens with zero attached hydrogens (tertiary/aromatic N) is 2. The molecule has 2 aromatic heterocycles. The molecular formula is C26H25BrFN3O2. The molecule has 0 fully saturated rings. The number of aromatic amines is 1. The lowest BCUT2D eigenvalue weighted by atomic mass is 10.0. The molecule has 0 unspecified atom stereocenters. The molecule has 170 valence electrons. The fourth-order valence-electron chi connectivity index (χ4n) is 3.51. The summed E-state index contributed by atoms with van der Waals surface area (Å²) in [6.07, 6.45) is 10.9. The van der Waals surface area contributed by atoms with Gasteiger partial charge in [0.25, 0.3) is 0 Å². The Morgan fingerprint density at radius 2 is 1.97 bits per heavy atom. The molecule has 7 heteroatoms. The summed E-state index contributed by atoms with van der Waals surface area (Å²) in [4.78, 5) is 4.38. The first kappa shape index (κ1) is 23.0. The van der Waals surface area contributed by atoms with E-state index in [1.807, 2.05) is 12.1 Å². The first-order valence-electron chi connectivity index (χ1n) is 10.8. The topological polar surface area (TPSA) is 63.9 Å². The molecule has 0 saturated carbocycles. The van der Waals surface area contributed by atoms with Gasteiger partial charge in [-0.3, -0.25) is 5.10 Å². The van der Waals surface area contributed by atoms with Crippen LogP contribution in [0.15, 0.2) is 63.8 Å². The predicted octanol–water partition coefficient (Wildman–Crippen LogP) is 6.92. The monoisotopic (exact) mass is 509 g/mol. The summed E-state index contributed by atoms with van der Waals surface area (Å²) in [7, 11) is 0. The Hall–Kier alpha value is -3.19. The van der Waals surface area contributed by atoms with E-state index in [-0.39, 0.29) is 5.82 Å². The summed E-state index contributed by atoms with van der Waals surface area (Å²) in [6, 6.07) is 13.1. The zero-order valence-corrected chi connectivity index (χ0v) is 19.9. The zero-order chi connectivity index (χ0) is 23.0. The molecule has 1 N–H and O–H groups in total. The molecule has 33 heavy (non-hydrogen) atoms. The first-order chi connectivity index (χ1) is 16.1. The summed E-state index contributed by atoms with van der Waals surface area (Å²) in [6.45, 7) is 2.41. The number of nitrogens with one attached hydrogen (secondary N) is 1. The maximum absolute atomic E-state index is 13.9. The van der Waals surface area contributed by atoms with Crippen LogP contribution >= 0.6 is 15.9 Å². The Bertz CT molecular complexity index is 1220. The summed E-state index contributed by atoms with van der Waals surface area (Å²) in [5, 5.41) is 6.99. The summed E-state index contributed by atoms with van der Waals surface area (Å²) in [5.41, 5.74) is 4.87. The van der Waals surface area contributed by atoms with E-state index in [0.717, 1.165) is 31.4 Å². The standard InChI is InChI=1S/C26H25BrFN3O2/c1-18-14-24(10-7-19(18)4-2-3-5-22-12-13-29-31-22)32-16-23-17-33-26(30-23)11-8-20-6-9-21(27)15-25(20)28/h6-15,17H,2-5,16H2,1H3,(H,29,31)/b11-8+. The molecule has 0 amide bonds. The Balaban J connectivity index is 1.26. The van der Waals surface area contributed by atoms with E-state index in [4.69, 9.17) is 9.15 Å². The van der Waals surface area contributed by atoms with Gasteiger partial charge in [0.15, 0.2) is 0 Å². The number of aryl methyl sites for hydroxylation is 3. The van der Waals surface area contributed by atoms with E-state index in [1.165, 1.54) is 22.9 Å². The number of ether oxygens (including phenoxy) is 1. The second-order valence-electron chi connectivity index (χ2n) is 7.84. The summed E-state index contributed by atoms with van der Waals surface area (Å²) < 4.78 is 25.9. The van der Waals surface area contributed by atoms with Gasteiger partial charge in [-0.2, -0.15) is 5.10 Å². The van der Waals surface area contributed by atoms with Crippen molar-refractivity contribution in [2.45, 2.75) is 39.2 Å². The molecule has 0 aliphatic heterocycles. The molecule has 2 aromatic carbocycles. The van der Waals surface area contributed by atoms with Gasteiger partial charge >= 0.3 is 0 Å². The fourth-order valence-corrected chi connectivity index (χ4v) is 3.85. The van der Waals surface area contributed by atoms with Gasteiger partial charge in [0, 0.05) is 28.0 Å². The van der Waals surface area contributed by atoms with Crippen molar-refractivity contribution >= 4 is 28.1 Å². The number of unbranched alkanes of at least 4 members (excludes halogenated alkanes) is 1. The molecule has 0 atom stereocenters. The SMILES string of the molecule is Cc1cc(OCc2coc(/C=C/c3ccc(Br)cc3F)n2)ccc1CCCCc1ccn[nH]1. The highest BCUT2D eigenvalue weighted by atomic mass is 79.9. The number of hydrogen-bond acceptors (Lipinski definition) is 4. The average Bonchev–Trinajstić information content (AvgIpc) is 3.48. The summed E-state index contributed by atoms with van der Waals surface area (Å²) in [5.74, 6) is 0.885. The van der Waals surface area contributed by atoms with Gasteiger partial charge in [-0.15, -0.1) is 0 Å². The molecule has 2 heterocycles. The maximum atomic E-state index is 13.9. The van der Waals surface area contributed by atoms with E-state index in [0.29, 0.717) is 28.2 Å². The smallest absolute Gasteiger partial charge is 0.218 e. The lowest BCUT2D eigenvalue weighted by Crippen LogP contribution is -1.98. The van der Waals surface area contributed by atoms with Gasteiger partial charge in [-0.1, -0.05) is 28.1 Å². The Morgan fingerprint density at radius 3 is 2.76 bits per heavy atom. The quantitative estimate of drug-likeness (QED) is 0.235. The van der Waals surface area contributed by atoms with Crippen LogP contribution in [-0.4, -0.2) is 15.2 Å². The molecule has 0 bridgehead atoms. The lowest BCUT2D eigenvalue weighted by Gasteiger charge is -2.09. The zero-order valence-electron chi connectivity index (χ0n) is 18.4. The van der Waals surface area contributed by atoms with Crippen molar-refractivity contribution in [1.29, 1.82) is 0 Å². The van der Waals surface area contributed by atoms with Crippen molar-refractivity contribution in [3.63, 3.8) is 0 Å². The van der Waals surface area contributed by atoms with E-state index < -0.39 is 0 Å². The summed E-state index contributed by atoms with van der Waals surface area (Å²) >= 11 is 3.25. The maximum Gasteiger partial charge on any atom is 0.218 e. The highest BCUT2D eigenvalue weighted by Crippen LogP contribution is 2.21. The number of halogens is 2. The number of aromatic nitrogens is 3. The van der Waals surface area contributed by atoms with E-state index in [9.17, 15) is 4.39 Å². The Morgan fingerprint density at radius 1 is 1.09 bits per heavy atom. The van der Waals surface area contributed by atoms with Gasteiger partial charge in [0.05, 0.1) is 0 Å². The molecular weight excluding hydrogens is 485 g/mol. The highest BCUT2D eigenvalue weighted by molar-refractivity contribution is 9.10. The van der Waals surface area contributed by atoms with Crippen LogP contribution in [0.4, 0.5) is 4.39 Å². The van der Waals surface area contributed by atoms with Crippen molar-refractivity contribution < 1.29 is 13.5 Å². The van der Waals surface area contributed by atoms with Crippen molar-refractivity contribution in [1.82, 2.24) is 15.2 Å². The Kier molecular flexibility index (Phi) is 7.73. The second kappa shape index (κ2) is 11.1. The average molecular weight is 510 g/mol. The number of rotatable bonds is 10. The van der Waals surface area contributed by atoms with Crippen molar-refractivity contribution in [3.05, 3.63) is 99.2 Å². The number of benzene rings is 2. The van der Waals surface area contributed by atoms with Gasteiger partial charge in [0.2, 0.25) is 5.89 Å². The van der Waals surface area contributed by atoms with Crippen molar-refractivity contribution in [2.75, 3.05) is 0 Å². The van der Waals surface area contributed by atoms with Crippen molar-refractivity contribution in [2.24, 2.45) is 0 Å². The third-order valence-corrected chi connectivity index (χ3v) is 5.83. The molecule has 0 aliphatic rings. The molecule has 4 aromatic rings. The van der Waals surface area contributed by atoms with Crippen LogP contribution in [0.25, 0.3) is 12.2 Å². The normalized spacial score (nSPS) is 11.4. The number of hydrogen-bond donors (Lipinski definition) is 1. The highest BCUT2D eigenvalue weighted by Gasteiger charge is 2.06. The van der Waals surface area contributed by atoms with Gasteiger partial charge in [0.1, 0.15) is 30.1 Å². The van der Waals surface area contributed by atoms with Crippen LogP contribution in [0.5, 0.6) is 5.75 Å². The van der Waals surface area contributed by atoms with E-state index in [2.05, 4.69) is 50.2 Å². The van der Waals surface area contributed by atoms with Crippen LogP contribution in [0.3, 0.4) is 0 Å². The fraction of sp³-hybridized carbons (Fsp3) is 0.231. The van der Waals surface area contributed by atoms with Crippen LogP contribution in [-0.2, 0) is 19.4 Å². The third kappa shape index (κ3) is 6.65. The molecule has 4 rings (SSSR count). The Labute approximate surface area is 200 Å². The van der Waals surface area contributed by atoms with Gasteiger partial charge in [-0.05, 0) is 80.1 Å². The van der Waals surface area contributed by atoms with Gasteiger partial charge in [-0.25, -0.2) is 9.37 Å².